The molecule has 0 bridgehead atoms. The maximum absolute atomic E-state index is 11.8. The van der Waals surface area contributed by atoms with E-state index in [0.29, 0.717) is 17.9 Å². The molecule has 0 aliphatic rings. The summed E-state index contributed by atoms with van der Waals surface area (Å²) in [6, 6.07) is 6.62. The Morgan fingerprint density at radius 2 is 1.78 bits per heavy atom. The second kappa shape index (κ2) is 10.6. The van der Waals surface area contributed by atoms with Gasteiger partial charge in [0, 0.05) is 12.1 Å². The summed E-state index contributed by atoms with van der Waals surface area (Å²) in [5.74, 6) is 0.169. The molecule has 1 amide bonds. The molecule has 0 fully saturated rings. The first-order valence-electron chi connectivity index (χ1n) is 8.33. The Balaban J connectivity index is 2.34. The number of hydrogen-bond acceptors (Lipinski definition) is 4. The van der Waals surface area contributed by atoms with Gasteiger partial charge in [0.05, 0.1) is 0 Å². The zero-order chi connectivity index (χ0) is 17.1. The molecule has 5 heteroatoms. The number of ether oxygens (including phenoxy) is 2. The van der Waals surface area contributed by atoms with Gasteiger partial charge in [-0.05, 0) is 44.0 Å². The topological polar surface area (TPSA) is 64.6 Å². The molecule has 1 aromatic rings. The first-order valence-corrected chi connectivity index (χ1v) is 8.33. The van der Waals surface area contributed by atoms with Crippen LogP contribution in [-0.2, 0) is 9.53 Å². The van der Waals surface area contributed by atoms with Gasteiger partial charge >= 0.3 is 12.1 Å². The molecule has 1 atom stereocenters. The maximum Gasteiger partial charge on any atom is 0.411 e. The Labute approximate surface area is 138 Å². The summed E-state index contributed by atoms with van der Waals surface area (Å²) in [6.45, 7) is 5.80. The molecule has 0 radical (unpaired) electrons. The monoisotopic (exact) mass is 321 g/mol. The third kappa shape index (κ3) is 8.24. The summed E-state index contributed by atoms with van der Waals surface area (Å²) in [5.41, 5.74) is 0.601. The minimum atomic E-state index is -0.466. The van der Waals surface area contributed by atoms with Crippen molar-refractivity contribution in [2.75, 3.05) is 5.32 Å². The smallest absolute Gasteiger partial charge is 0.411 e. The van der Waals surface area contributed by atoms with Crippen LogP contribution in [0.15, 0.2) is 24.3 Å². The summed E-state index contributed by atoms with van der Waals surface area (Å²) in [6.07, 6.45) is 5.28. The van der Waals surface area contributed by atoms with Crippen molar-refractivity contribution in [1.82, 2.24) is 0 Å². The van der Waals surface area contributed by atoms with Crippen LogP contribution in [0.5, 0.6) is 5.75 Å². The first kappa shape index (κ1) is 19.0. The van der Waals surface area contributed by atoms with E-state index in [-0.39, 0.29) is 12.1 Å². The minimum absolute atomic E-state index is 0.100. The van der Waals surface area contributed by atoms with Crippen LogP contribution in [0.4, 0.5) is 10.5 Å². The van der Waals surface area contributed by atoms with Gasteiger partial charge in [-0.1, -0.05) is 33.1 Å². The van der Waals surface area contributed by atoms with E-state index in [2.05, 4.69) is 12.2 Å². The van der Waals surface area contributed by atoms with Crippen LogP contribution < -0.4 is 10.1 Å². The molecule has 1 aromatic carbocycles. The summed E-state index contributed by atoms with van der Waals surface area (Å²) in [4.78, 5) is 23.0. The first-order chi connectivity index (χ1) is 11.0. The standard InChI is InChI=1S/C18H27NO4/c1-4-6-7-8-9-14(3)22-18(21)19-15-10-12-16(13-11-15)23-17(20)5-2/h10-14H,4-9H2,1-3H3,(H,19,21)/t14-/m1/s1. The van der Waals surface area contributed by atoms with E-state index < -0.39 is 6.09 Å². The molecule has 0 aromatic heterocycles. The van der Waals surface area contributed by atoms with Gasteiger partial charge in [-0.3, -0.25) is 10.1 Å². The van der Waals surface area contributed by atoms with Crippen molar-refractivity contribution in [3.05, 3.63) is 24.3 Å². The number of hydrogen-bond donors (Lipinski definition) is 1. The number of amides is 1. The van der Waals surface area contributed by atoms with Crippen LogP contribution in [0.25, 0.3) is 0 Å². The van der Waals surface area contributed by atoms with Gasteiger partial charge in [-0.15, -0.1) is 0 Å². The Morgan fingerprint density at radius 1 is 1.09 bits per heavy atom. The molecule has 23 heavy (non-hydrogen) atoms. The summed E-state index contributed by atoms with van der Waals surface area (Å²) in [5, 5.41) is 2.67. The quantitative estimate of drug-likeness (QED) is 0.399. The fourth-order valence-electron chi connectivity index (χ4n) is 2.06. The molecule has 0 saturated carbocycles. The lowest BCUT2D eigenvalue weighted by atomic mass is 10.1. The van der Waals surface area contributed by atoms with Crippen molar-refractivity contribution in [1.29, 1.82) is 0 Å². The molecule has 0 spiro atoms. The Hall–Kier alpha value is -2.04. The number of unbranched alkanes of at least 4 members (excludes halogenated alkanes) is 3. The average molecular weight is 321 g/mol. The van der Waals surface area contributed by atoms with Gasteiger partial charge in [0.1, 0.15) is 11.9 Å². The van der Waals surface area contributed by atoms with Gasteiger partial charge in [-0.2, -0.15) is 0 Å². The number of nitrogens with one attached hydrogen (secondary N) is 1. The lowest BCUT2D eigenvalue weighted by Crippen LogP contribution is -2.20. The number of rotatable bonds is 9. The summed E-state index contributed by atoms with van der Waals surface area (Å²) in [7, 11) is 0. The molecular weight excluding hydrogens is 294 g/mol. The van der Waals surface area contributed by atoms with Crippen molar-refractivity contribution >= 4 is 17.7 Å². The highest BCUT2D eigenvalue weighted by molar-refractivity contribution is 5.84. The van der Waals surface area contributed by atoms with E-state index in [0.717, 1.165) is 12.8 Å². The SMILES string of the molecule is CCCCCC[C@@H](C)OC(=O)Nc1ccc(OC(=O)CC)cc1. The van der Waals surface area contributed by atoms with Gasteiger partial charge in [0.15, 0.2) is 0 Å². The molecule has 128 valence electrons. The van der Waals surface area contributed by atoms with Crippen molar-refractivity contribution in [3.63, 3.8) is 0 Å². The zero-order valence-electron chi connectivity index (χ0n) is 14.3. The number of esters is 1. The fraction of sp³-hybridized carbons (Fsp3) is 0.556. The minimum Gasteiger partial charge on any atom is -0.446 e. The van der Waals surface area contributed by atoms with Gasteiger partial charge < -0.3 is 9.47 Å². The molecule has 0 unspecified atom stereocenters. The van der Waals surface area contributed by atoms with Crippen molar-refractivity contribution < 1.29 is 19.1 Å². The largest absolute Gasteiger partial charge is 0.446 e. The number of carbonyl (C=O) groups excluding carboxylic acids is 2. The number of anilines is 1. The maximum atomic E-state index is 11.8. The summed E-state index contributed by atoms with van der Waals surface area (Å²) >= 11 is 0. The average Bonchev–Trinajstić information content (AvgIpc) is 2.53. The molecular formula is C18H27NO4. The molecule has 1 N–H and O–H groups in total. The van der Waals surface area contributed by atoms with Gasteiger partial charge in [0.25, 0.3) is 0 Å². The Bertz CT molecular complexity index is 484. The molecule has 0 saturated heterocycles. The highest BCUT2D eigenvalue weighted by Crippen LogP contribution is 2.17. The van der Waals surface area contributed by atoms with Crippen LogP contribution in [0.2, 0.25) is 0 Å². The van der Waals surface area contributed by atoms with Crippen LogP contribution in [0.1, 0.15) is 59.3 Å². The fourth-order valence-corrected chi connectivity index (χ4v) is 2.06. The van der Waals surface area contributed by atoms with Crippen LogP contribution in [-0.4, -0.2) is 18.2 Å². The van der Waals surface area contributed by atoms with E-state index in [1.807, 2.05) is 6.92 Å². The highest BCUT2D eigenvalue weighted by Gasteiger charge is 2.10. The second-order valence-electron chi connectivity index (χ2n) is 5.54. The van der Waals surface area contributed by atoms with Crippen molar-refractivity contribution in [3.8, 4) is 5.75 Å². The zero-order valence-corrected chi connectivity index (χ0v) is 14.3. The number of carbonyl (C=O) groups is 2. The lowest BCUT2D eigenvalue weighted by molar-refractivity contribution is -0.134. The van der Waals surface area contributed by atoms with Gasteiger partial charge in [-0.25, -0.2) is 4.79 Å². The number of benzene rings is 1. The third-order valence-electron chi connectivity index (χ3n) is 3.39. The van der Waals surface area contributed by atoms with E-state index in [9.17, 15) is 9.59 Å². The van der Waals surface area contributed by atoms with E-state index >= 15 is 0 Å². The molecule has 1 rings (SSSR count). The van der Waals surface area contributed by atoms with Crippen LogP contribution in [0, 0.1) is 0 Å². The molecule has 0 aliphatic heterocycles. The Kier molecular flexibility index (Phi) is 8.80. The van der Waals surface area contributed by atoms with E-state index in [4.69, 9.17) is 9.47 Å². The van der Waals surface area contributed by atoms with E-state index in [1.165, 1.54) is 19.3 Å². The molecule has 0 heterocycles. The Morgan fingerprint density at radius 3 is 2.39 bits per heavy atom. The second-order valence-corrected chi connectivity index (χ2v) is 5.54. The van der Waals surface area contributed by atoms with Crippen molar-refractivity contribution in [2.24, 2.45) is 0 Å². The summed E-state index contributed by atoms with van der Waals surface area (Å²) < 4.78 is 10.4. The molecule has 0 aliphatic carbocycles. The van der Waals surface area contributed by atoms with Crippen molar-refractivity contribution in [2.45, 2.75) is 65.4 Å². The van der Waals surface area contributed by atoms with Crippen LogP contribution in [0.3, 0.4) is 0 Å². The predicted octanol–water partition coefficient (Wildman–Crippen LogP) is 4.91. The van der Waals surface area contributed by atoms with Crippen LogP contribution >= 0.6 is 0 Å². The van der Waals surface area contributed by atoms with Gasteiger partial charge in [0.2, 0.25) is 0 Å². The van der Waals surface area contributed by atoms with E-state index in [1.54, 1.807) is 31.2 Å². The molecule has 5 nitrogen and oxygen atoms in total. The highest BCUT2D eigenvalue weighted by atomic mass is 16.6. The predicted molar refractivity (Wildman–Crippen MR) is 90.7 cm³/mol. The lowest BCUT2D eigenvalue weighted by Gasteiger charge is -2.14. The third-order valence-corrected chi connectivity index (χ3v) is 3.39. The normalized spacial score (nSPS) is 11.6.